The number of nitrogens with one attached hydrogen (secondary N) is 2. The van der Waals surface area contributed by atoms with Crippen LogP contribution in [-0.2, 0) is 6.54 Å². The van der Waals surface area contributed by atoms with Crippen LogP contribution in [0.5, 0.6) is 0 Å². The van der Waals surface area contributed by atoms with E-state index in [1.165, 1.54) is 24.8 Å². The Morgan fingerprint density at radius 2 is 1.85 bits per heavy atom. The fraction of sp³-hybridized carbons (Fsp3) is 0.263. The molecule has 1 atom stereocenters. The number of aromatic nitrogens is 3. The summed E-state index contributed by atoms with van der Waals surface area (Å²) in [5, 5.41) is 18.6. The molecule has 2 fully saturated rings. The SMILES string of the molecule is Cc1c(-c2nc3cc(CN4CCCC4)cc(C#N)c3o2)cccc1-c1cccc(Nc2nccc3cc(C4CCCN4)cnc23)c1Cl. The van der Waals surface area contributed by atoms with Crippen LogP contribution in [0, 0.1) is 18.3 Å². The number of oxazole rings is 1. The topological polar surface area (TPSA) is 103 Å². The molecule has 6 aromatic rings. The fourth-order valence-electron chi connectivity index (χ4n) is 7.03. The van der Waals surface area contributed by atoms with Crippen LogP contribution in [0.15, 0.2) is 77.5 Å². The Morgan fingerprint density at radius 3 is 2.68 bits per heavy atom. The number of anilines is 2. The first-order chi connectivity index (χ1) is 23.1. The lowest BCUT2D eigenvalue weighted by molar-refractivity contribution is 0.331. The number of rotatable bonds is 7. The zero-order valence-corrected chi connectivity index (χ0v) is 26.9. The Bertz CT molecular complexity index is 2170. The monoisotopic (exact) mass is 639 g/mol. The van der Waals surface area contributed by atoms with Crippen molar-refractivity contribution < 1.29 is 4.42 Å². The summed E-state index contributed by atoms with van der Waals surface area (Å²) < 4.78 is 6.28. The molecule has 0 bridgehead atoms. The minimum absolute atomic E-state index is 0.349. The summed E-state index contributed by atoms with van der Waals surface area (Å²) >= 11 is 7.12. The minimum Gasteiger partial charge on any atom is -0.435 e. The summed E-state index contributed by atoms with van der Waals surface area (Å²) in [5.41, 5.74) is 9.22. The highest BCUT2D eigenvalue weighted by Gasteiger charge is 2.21. The molecule has 8 nitrogen and oxygen atoms in total. The summed E-state index contributed by atoms with van der Waals surface area (Å²) in [6.45, 7) is 6.08. The van der Waals surface area contributed by atoms with E-state index in [4.69, 9.17) is 26.0 Å². The number of benzene rings is 3. The molecule has 9 heteroatoms. The third-order valence-corrected chi connectivity index (χ3v) is 9.87. The smallest absolute Gasteiger partial charge is 0.227 e. The van der Waals surface area contributed by atoms with Crippen LogP contribution in [0.25, 0.3) is 44.6 Å². The number of halogens is 1. The van der Waals surface area contributed by atoms with Crippen LogP contribution in [0.4, 0.5) is 11.5 Å². The molecule has 0 saturated carbocycles. The number of hydrogen-bond donors (Lipinski definition) is 2. The van der Waals surface area contributed by atoms with E-state index >= 15 is 0 Å². The molecule has 2 saturated heterocycles. The third kappa shape index (κ3) is 5.61. The van der Waals surface area contributed by atoms with Gasteiger partial charge in [0.15, 0.2) is 11.4 Å². The maximum atomic E-state index is 9.94. The van der Waals surface area contributed by atoms with E-state index in [1.807, 2.05) is 55.6 Å². The predicted molar refractivity (Wildman–Crippen MR) is 187 cm³/mol. The van der Waals surface area contributed by atoms with Crippen molar-refractivity contribution in [3.05, 3.63) is 100 Å². The fourth-order valence-corrected chi connectivity index (χ4v) is 7.31. The average molecular weight is 640 g/mol. The van der Waals surface area contributed by atoms with Gasteiger partial charge in [0, 0.05) is 41.5 Å². The Hall–Kier alpha value is -4.81. The van der Waals surface area contributed by atoms with Crippen LogP contribution in [0.3, 0.4) is 0 Å². The molecule has 8 rings (SSSR count). The second-order valence-corrected chi connectivity index (χ2v) is 12.9. The number of fused-ring (bicyclic) bond motifs is 2. The summed E-state index contributed by atoms with van der Waals surface area (Å²) in [6, 6.07) is 22.8. The second-order valence-electron chi connectivity index (χ2n) is 12.5. The van der Waals surface area contributed by atoms with E-state index in [1.54, 1.807) is 6.20 Å². The first-order valence-corrected chi connectivity index (χ1v) is 16.6. The van der Waals surface area contributed by atoms with Crippen molar-refractivity contribution in [1.29, 1.82) is 5.26 Å². The van der Waals surface area contributed by atoms with Gasteiger partial charge in [-0.05, 0) is 111 Å². The van der Waals surface area contributed by atoms with Gasteiger partial charge >= 0.3 is 0 Å². The minimum atomic E-state index is 0.349. The molecule has 3 aromatic heterocycles. The number of nitriles is 1. The molecule has 2 aliphatic heterocycles. The molecule has 0 amide bonds. The Labute approximate surface area is 278 Å². The number of hydrogen-bond acceptors (Lipinski definition) is 8. The predicted octanol–water partition coefficient (Wildman–Crippen LogP) is 8.70. The number of likely N-dealkylation sites (tertiary alicyclic amines) is 1. The van der Waals surface area contributed by atoms with Crippen LogP contribution >= 0.6 is 11.6 Å². The highest BCUT2D eigenvalue weighted by atomic mass is 35.5. The van der Waals surface area contributed by atoms with Crippen LogP contribution in [-0.4, -0.2) is 39.5 Å². The Balaban J connectivity index is 1.12. The molecule has 2 aliphatic rings. The van der Waals surface area contributed by atoms with Crippen molar-refractivity contribution in [1.82, 2.24) is 25.2 Å². The zero-order valence-electron chi connectivity index (χ0n) is 26.2. The third-order valence-electron chi connectivity index (χ3n) is 9.46. The van der Waals surface area contributed by atoms with Crippen molar-refractivity contribution >= 4 is 45.1 Å². The number of pyridine rings is 2. The van der Waals surface area contributed by atoms with Gasteiger partial charge in [0.2, 0.25) is 5.89 Å². The maximum absolute atomic E-state index is 9.94. The highest BCUT2D eigenvalue weighted by Crippen LogP contribution is 2.40. The van der Waals surface area contributed by atoms with Crippen molar-refractivity contribution in [2.24, 2.45) is 0 Å². The summed E-state index contributed by atoms with van der Waals surface area (Å²) in [4.78, 5) is 16.7. The van der Waals surface area contributed by atoms with Gasteiger partial charge in [0.1, 0.15) is 17.1 Å². The van der Waals surface area contributed by atoms with E-state index in [-0.39, 0.29) is 0 Å². The second kappa shape index (κ2) is 12.4. The molecule has 1 unspecified atom stereocenters. The van der Waals surface area contributed by atoms with Gasteiger partial charge < -0.3 is 15.1 Å². The molecule has 5 heterocycles. The molecule has 0 aliphatic carbocycles. The van der Waals surface area contributed by atoms with Crippen molar-refractivity contribution in [2.45, 2.75) is 45.2 Å². The first kappa shape index (κ1) is 29.6. The zero-order chi connectivity index (χ0) is 31.9. The standard InChI is InChI=1S/C38H34ClN7O/c1-23-28(7-4-8-29(23)38-45-33-18-24(22-46-15-2-3-16-46)17-26(20-40)36(33)47-38)30-9-5-10-32(34(30)39)44-37-35-25(12-14-42-37)19-27(21-43-35)31-11-6-13-41-31/h4-5,7-10,12,14,17-19,21,31,41H,2-3,6,11,13,15-16,22H2,1H3,(H,42,44). The maximum Gasteiger partial charge on any atom is 0.227 e. The summed E-state index contributed by atoms with van der Waals surface area (Å²) in [6.07, 6.45) is 8.49. The van der Waals surface area contributed by atoms with Gasteiger partial charge in [-0.1, -0.05) is 35.9 Å². The van der Waals surface area contributed by atoms with Crippen molar-refractivity contribution in [3.63, 3.8) is 0 Å². The largest absolute Gasteiger partial charge is 0.435 e. The summed E-state index contributed by atoms with van der Waals surface area (Å²) in [7, 11) is 0. The average Bonchev–Trinajstić information content (AvgIpc) is 3.89. The van der Waals surface area contributed by atoms with E-state index in [0.29, 0.717) is 39.4 Å². The quantitative estimate of drug-likeness (QED) is 0.179. The molecule has 3 aromatic carbocycles. The lowest BCUT2D eigenvalue weighted by atomic mass is 9.96. The Morgan fingerprint density at radius 1 is 1.02 bits per heavy atom. The van der Waals surface area contributed by atoms with Gasteiger partial charge in [0.05, 0.1) is 16.3 Å². The van der Waals surface area contributed by atoms with Crippen LogP contribution < -0.4 is 10.6 Å². The van der Waals surface area contributed by atoms with Crippen LogP contribution in [0.2, 0.25) is 5.02 Å². The normalized spacial score (nSPS) is 16.7. The van der Waals surface area contributed by atoms with E-state index in [9.17, 15) is 5.26 Å². The van der Waals surface area contributed by atoms with Gasteiger partial charge in [-0.2, -0.15) is 5.26 Å². The van der Waals surface area contributed by atoms with Gasteiger partial charge in [-0.25, -0.2) is 9.97 Å². The van der Waals surface area contributed by atoms with E-state index in [0.717, 1.165) is 77.0 Å². The van der Waals surface area contributed by atoms with Crippen molar-refractivity contribution in [3.8, 4) is 28.7 Å². The molecule has 234 valence electrons. The Kier molecular flexibility index (Phi) is 7.82. The lowest BCUT2D eigenvalue weighted by Crippen LogP contribution is -2.18. The molecule has 0 radical (unpaired) electrons. The highest BCUT2D eigenvalue weighted by molar-refractivity contribution is 6.36. The van der Waals surface area contributed by atoms with Gasteiger partial charge in [-0.15, -0.1) is 0 Å². The molecule has 0 spiro atoms. The van der Waals surface area contributed by atoms with Gasteiger partial charge in [0.25, 0.3) is 0 Å². The lowest BCUT2D eigenvalue weighted by Gasteiger charge is -2.16. The van der Waals surface area contributed by atoms with E-state index in [2.05, 4.69) is 44.8 Å². The molecular formula is C38H34ClN7O. The number of nitrogens with zero attached hydrogens (tertiary/aromatic N) is 5. The molecule has 2 N–H and O–H groups in total. The van der Waals surface area contributed by atoms with Gasteiger partial charge in [-0.3, -0.25) is 9.88 Å². The first-order valence-electron chi connectivity index (χ1n) is 16.3. The van der Waals surface area contributed by atoms with Crippen LogP contribution in [0.1, 0.15) is 54.0 Å². The molecule has 47 heavy (non-hydrogen) atoms. The van der Waals surface area contributed by atoms with Crippen molar-refractivity contribution in [2.75, 3.05) is 25.0 Å². The summed E-state index contributed by atoms with van der Waals surface area (Å²) in [5.74, 6) is 1.14. The molecular weight excluding hydrogens is 606 g/mol. The van der Waals surface area contributed by atoms with E-state index < -0.39 is 0 Å².